The Kier molecular flexibility index (Phi) is 10.9. The number of hydrogen-bond acceptors (Lipinski definition) is 4. The van der Waals surface area contributed by atoms with Crippen LogP contribution in [0.3, 0.4) is 0 Å². The summed E-state index contributed by atoms with van der Waals surface area (Å²) >= 11 is 0. The van der Waals surface area contributed by atoms with Crippen molar-refractivity contribution < 1.29 is 9.53 Å². The second kappa shape index (κ2) is 13.1. The maximum Gasteiger partial charge on any atom is 0.241 e. The van der Waals surface area contributed by atoms with E-state index in [0.29, 0.717) is 6.54 Å². The summed E-state index contributed by atoms with van der Waals surface area (Å²) in [7, 11) is 5.23. The lowest BCUT2D eigenvalue weighted by Crippen LogP contribution is -2.55. The van der Waals surface area contributed by atoms with Crippen LogP contribution in [-0.2, 0) is 11.3 Å². The van der Waals surface area contributed by atoms with Crippen LogP contribution >= 0.6 is 24.0 Å². The lowest BCUT2D eigenvalue weighted by Gasteiger charge is -2.41. The van der Waals surface area contributed by atoms with Crippen LogP contribution in [0.5, 0.6) is 5.75 Å². The fraction of sp³-hybridized carbons (Fsp3) is 0.652. The fourth-order valence-corrected chi connectivity index (χ4v) is 4.22. The van der Waals surface area contributed by atoms with Gasteiger partial charge in [0.1, 0.15) is 5.75 Å². The van der Waals surface area contributed by atoms with Gasteiger partial charge in [0.2, 0.25) is 5.91 Å². The first-order valence-corrected chi connectivity index (χ1v) is 11.2. The summed E-state index contributed by atoms with van der Waals surface area (Å²) in [5, 5.41) is 3.30. The predicted molar refractivity (Wildman–Crippen MR) is 136 cm³/mol. The molecule has 1 amide bonds. The quantitative estimate of drug-likeness (QED) is 0.340. The third-order valence-electron chi connectivity index (χ3n) is 6.17. The van der Waals surface area contributed by atoms with Gasteiger partial charge < -0.3 is 19.9 Å². The van der Waals surface area contributed by atoms with Crippen LogP contribution < -0.4 is 10.1 Å². The third kappa shape index (κ3) is 7.82. The first kappa shape index (κ1) is 25.7. The van der Waals surface area contributed by atoms with E-state index in [1.54, 1.807) is 26.1 Å². The van der Waals surface area contributed by atoms with Gasteiger partial charge in [0.15, 0.2) is 5.96 Å². The van der Waals surface area contributed by atoms with Crippen molar-refractivity contribution in [2.24, 2.45) is 4.99 Å². The number of benzene rings is 1. The highest BCUT2D eigenvalue weighted by molar-refractivity contribution is 14.0. The van der Waals surface area contributed by atoms with Crippen molar-refractivity contribution in [1.29, 1.82) is 0 Å². The number of nitrogens with one attached hydrogen (secondary N) is 1. The normalized spacial score (nSPS) is 18.3. The SMILES string of the molecule is COc1ccc(CN=C(NCC(=O)N(C)C)N2CCN(C3CCCCC3)CC2)cc1.I. The van der Waals surface area contributed by atoms with Crippen molar-refractivity contribution in [3.8, 4) is 5.75 Å². The molecule has 174 valence electrons. The first-order valence-electron chi connectivity index (χ1n) is 11.2. The number of methoxy groups -OCH3 is 1. The minimum atomic E-state index is 0. The molecular weight excluding hydrogens is 505 g/mol. The Balaban J connectivity index is 0.00000341. The van der Waals surface area contributed by atoms with Gasteiger partial charge in [0, 0.05) is 46.3 Å². The summed E-state index contributed by atoms with van der Waals surface area (Å²) in [6.45, 7) is 4.86. The van der Waals surface area contributed by atoms with Crippen LogP contribution in [0.1, 0.15) is 37.7 Å². The van der Waals surface area contributed by atoms with Gasteiger partial charge in [-0.3, -0.25) is 9.69 Å². The van der Waals surface area contributed by atoms with E-state index in [2.05, 4.69) is 15.1 Å². The monoisotopic (exact) mass is 543 g/mol. The Morgan fingerprint density at radius 2 is 1.74 bits per heavy atom. The molecule has 0 radical (unpaired) electrons. The molecule has 0 unspecified atom stereocenters. The largest absolute Gasteiger partial charge is 0.497 e. The number of aliphatic imine (C=N–C) groups is 1. The number of rotatable bonds is 6. The van der Waals surface area contributed by atoms with E-state index < -0.39 is 0 Å². The molecule has 31 heavy (non-hydrogen) atoms. The number of halogens is 1. The van der Waals surface area contributed by atoms with Crippen molar-refractivity contribution in [1.82, 2.24) is 20.0 Å². The average molecular weight is 543 g/mol. The van der Waals surface area contributed by atoms with Crippen LogP contribution in [0.2, 0.25) is 0 Å². The van der Waals surface area contributed by atoms with Gasteiger partial charge in [0.05, 0.1) is 20.2 Å². The third-order valence-corrected chi connectivity index (χ3v) is 6.17. The van der Waals surface area contributed by atoms with Crippen LogP contribution in [0.25, 0.3) is 0 Å². The van der Waals surface area contributed by atoms with Crippen LogP contribution in [0, 0.1) is 0 Å². The maximum absolute atomic E-state index is 12.1. The number of carbonyl (C=O) groups excluding carboxylic acids is 1. The molecule has 0 atom stereocenters. The molecule has 1 saturated carbocycles. The molecule has 2 aliphatic rings. The zero-order valence-electron chi connectivity index (χ0n) is 19.2. The molecule has 8 heteroatoms. The first-order chi connectivity index (χ1) is 14.6. The molecule has 0 spiro atoms. The number of amides is 1. The number of guanidine groups is 1. The Morgan fingerprint density at radius 3 is 2.32 bits per heavy atom. The molecule has 1 N–H and O–H groups in total. The van der Waals surface area contributed by atoms with Gasteiger partial charge in [-0.25, -0.2) is 4.99 Å². The highest BCUT2D eigenvalue weighted by atomic mass is 127. The fourth-order valence-electron chi connectivity index (χ4n) is 4.22. The molecule has 1 aromatic carbocycles. The molecule has 1 saturated heterocycles. The predicted octanol–water partition coefficient (Wildman–Crippen LogP) is 2.80. The Morgan fingerprint density at radius 1 is 1.10 bits per heavy atom. The molecule has 2 fully saturated rings. The Labute approximate surface area is 204 Å². The standard InChI is InChI=1S/C23H37N5O2.HI/c1-26(2)22(29)18-25-23(24-17-19-9-11-21(30-3)12-10-19)28-15-13-27(14-16-28)20-7-5-4-6-8-20;/h9-12,20H,4-8,13-18H2,1-3H3,(H,24,25);1H. The molecule has 0 aromatic heterocycles. The van der Waals surface area contributed by atoms with E-state index in [-0.39, 0.29) is 36.4 Å². The number of ether oxygens (including phenoxy) is 1. The van der Waals surface area contributed by atoms with E-state index in [1.807, 2.05) is 24.3 Å². The molecule has 0 bridgehead atoms. The number of likely N-dealkylation sites (N-methyl/N-ethyl adjacent to an activating group) is 1. The number of nitrogens with zero attached hydrogens (tertiary/aromatic N) is 4. The van der Waals surface area contributed by atoms with Gasteiger partial charge in [-0.15, -0.1) is 24.0 Å². The second-order valence-electron chi connectivity index (χ2n) is 8.44. The maximum atomic E-state index is 12.1. The zero-order chi connectivity index (χ0) is 21.3. The molecule has 1 aliphatic heterocycles. The lowest BCUT2D eigenvalue weighted by molar-refractivity contribution is -0.127. The number of hydrogen-bond donors (Lipinski definition) is 1. The molecule has 1 heterocycles. The molecule has 3 rings (SSSR count). The highest BCUT2D eigenvalue weighted by Gasteiger charge is 2.26. The lowest BCUT2D eigenvalue weighted by atomic mass is 9.94. The molecule has 7 nitrogen and oxygen atoms in total. The molecule has 1 aliphatic carbocycles. The summed E-state index contributed by atoms with van der Waals surface area (Å²) < 4.78 is 5.23. The number of carbonyl (C=O) groups is 1. The van der Waals surface area contributed by atoms with Crippen LogP contribution in [-0.4, -0.2) is 86.5 Å². The summed E-state index contributed by atoms with van der Waals surface area (Å²) in [6, 6.07) is 8.73. The minimum Gasteiger partial charge on any atom is -0.497 e. The van der Waals surface area contributed by atoms with E-state index in [1.165, 1.54) is 32.1 Å². The molecular formula is C23H38IN5O2. The van der Waals surface area contributed by atoms with E-state index >= 15 is 0 Å². The van der Waals surface area contributed by atoms with Crippen LogP contribution in [0.15, 0.2) is 29.3 Å². The van der Waals surface area contributed by atoms with Crippen molar-refractivity contribution in [3.63, 3.8) is 0 Å². The van der Waals surface area contributed by atoms with Gasteiger partial charge in [-0.05, 0) is 30.5 Å². The smallest absolute Gasteiger partial charge is 0.241 e. The summed E-state index contributed by atoms with van der Waals surface area (Å²) in [6.07, 6.45) is 6.81. The van der Waals surface area contributed by atoms with Crippen LogP contribution in [0.4, 0.5) is 0 Å². The van der Waals surface area contributed by atoms with Crippen molar-refractivity contribution in [3.05, 3.63) is 29.8 Å². The van der Waals surface area contributed by atoms with Gasteiger partial charge in [0.25, 0.3) is 0 Å². The van der Waals surface area contributed by atoms with E-state index in [9.17, 15) is 4.79 Å². The minimum absolute atomic E-state index is 0. The van der Waals surface area contributed by atoms with Crippen molar-refractivity contribution in [2.45, 2.75) is 44.7 Å². The van der Waals surface area contributed by atoms with Crippen molar-refractivity contribution in [2.75, 3.05) is 53.9 Å². The van der Waals surface area contributed by atoms with Gasteiger partial charge in [-0.2, -0.15) is 0 Å². The van der Waals surface area contributed by atoms with Gasteiger partial charge in [-0.1, -0.05) is 31.4 Å². The summed E-state index contributed by atoms with van der Waals surface area (Å²) in [5.41, 5.74) is 1.12. The highest BCUT2D eigenvalue weighted by Crippen LogP contribution is 2.23. The summed E-state index contributed by atoms with van der Waals surface area (Å²) in [5.74, 6) is 1.72. The van der Waals surface area contributed by atoms with E-state index in [4.69, 9.17) is 9.73 Å². The zero-order valence-corrected chi connectivity index (χ0v) is 21.5. The van der Waals surface area contributed by atoms with E-state index in [0.717, 1.165) is 49.5 Å². The van der Waals surface area contributed by atoms with Gasteiger partial charge >= 0.3 is 0 Å². The topological polar surface area (TPSA) is 60.4 Å². The summed E-state index contributed by atoms with van der Waals surface area (Å²) in [4.78, 5) is 23.5. The van der Waals surface area contributed by atoms with Crippen molar-refractivity contribution >= 4 is 35.8 Å². The Bertz CT molecular complexity index is 696. The Hall–Kier alpha value is -1.55. The molecule has 1 aromatic rings. The second-order valence-corrected chi connectivity index (χ2v) is 8.44. The average Bonchev–Trinajstić information content (AvgIpc) is 2.80. The number of piperazine rings is 1.